The first-order valence-electron chi connectivity index (χ1n) is 13.2. The number of carboxylic acid groups (broad SMARTS) is 1. The summed E-state index contributed by atoms with van der Waals surface area (Å²) in [5, 5.41) is 22.1. The molecule has 0 radical (unpaired) electrons. The number of halogens is 1. The number of aliphatic carboxylic acids is 1. The molecule has 2 aromatic rings. The van der Waals surface area contributed by atoms with E-state index < -0.39 is 29.9 Å². The minimum atomic E-state index is -0.970. The van der Waals surface area contributed by atoms with Gasteiger partial charge in [0.05, 0.1) is 12.6 Å². The maximum absolute atomic E-state index is 13.2. The van der Waals surface area contributed by atoms with Gasteiger partial charge >= 0.3 is 0 Å². The van der Waals surface area contributed by atoms with Crippen LogP contribution in [-0.2, 0) is 32.1 Å². The van der Waals surface area contributed by atoms with Crippen LogP contribution in [-0.4, -0.2) is 76.5 Å². The van der Waals surface area contributed by atoms with Gasteiger partial charge in [-0.25, -0.2) is 4.39 Å². The van der Waals surface area contributed by atoms with Crippen LogP contribution in [0.4, 0.5) is 4.39 Å². The van der Waals surface area contributed by atoms with Crippen LogP contribution in [0.15, 0.2) is 53.5 Å². The number of benzene rings is 2. The summed E-state index contributed by atoms with van der Waals surface area (Å²) in [5.41, 5.74) is 18.2. The van der Waals surface area contributed by atoms with Gasteiger partial charge in [0.1, 0.15) is 17.6 Å². The number of nitrogens with zero attached hydrogens (tertiary/aromatic N) is 2. The SMILES string of the molecule is CC(=O)O.CCN(Cc1ccc(F)cc1)C(=O)CNC(=O)[C@@H](CCCN=C(N)N)NC(=O)[C@@H](N)Cc1ccc(O)cc1. The fourth-order valence-electron chi connectivity index (χ4n) is 3.61. The zero-order valence-electron chi connectivity index (χ0n) is 23.8. The van der Waals surface area contributed by atoms with Crippen LogP contribution in [0.2, 0.25) is 0 Å². The number of carboxylic acids is 1. The molecular weight excluding hydrogens is 549 g/mol. The summed E-state index contributed by atoms with van der Waals surface area (Å²) >= 11 is 0. The Morgan fingerprint density at radius 3 is 2.12 bits per heavy atom. The summed E-state index contributed by atoms with van der Waals surface area (Å²) < 4.78 is 13.2. The molecule has 3 amide bonds. The van der Waals surface area contributed by atoms with Crippen LogP contribution >= 0.6 is 0 Å². The van der Waals surface area contributed by atoms with Crippen LogP contribution in [0.3, 0.4) is 0 Å². The van der Waals surface area contributed by atoms with Gasteiger partial charge in [-0.05, 0) is 61.6 Å². The molecule has 42 heavy (non-hydrogen) atoms. The number of phenols is 1. The summed E-state index contributed by atoms with van der Waals surface area (Å²) in [7, 11) is 0. The molecule has 0 fully saturated rings. The maximum Gasteiger partial charge on any atom is 0.300 e. The molecule has 13 nitrogen and oxygen atoms in total. The fraction of sp³-hybridized carbons (Fsp3) is 0.393. The molecule has 10 N–H and O–H groups in total. The lowest BCUT2D eigenvalue weighted by molar-refractivity contribution is -0.135. The lowest BCUT2D eigenvalue weighted by Crippen LogP contribution is -2.53. The Labute approximate surface area is 244 Å². The van der Waals surface area contributed by atoms with E-state index in [0.29, 0.717) is 13.0 Å². The average molecular weight is 590 g/mol. The Balaban J connectivity index is 0.00000206. The first kappa shape index (κ1) is 35.3. The van der Waals surface area contributed by atoms with E-state index in [-0.39, 0.29) is 55.9 Å². The third-order valence-electron chi connectivity index (χ3n) is 5.74. The number of phenolic OH excluding ortho intramolecular Hbond substituents is 1. The van der Waals surface area contributed by atoms with E-state index in [2.05, 4.69) is 15.6 Å². The van der Waals surface area contributed by atoms with E-state index >= 15 is 0 Å². The molecule has 2 aromatic carbocycles. The smallest absolute Gasteiger partial charge is 0.300 e. The Hall–Kier alpha value is -4.72. The molecule has 2 rings (SSSR count). The molecular formula is C28H40FN7O6. The van der Waals surface area contributed by atoms with Crippen LogP contribution in [0.5, 0.6) is 5.75 Å². The third-order valence-corrected chi connectivity index (χ3v) is 5.74. The largest absolute Gasteiger partial charge is 0.508 e. The maximum atomic E-state index is 13.2. The van der Waals surface area contributed by atoms with Crippen molar-refractivity contribution >= 4 is 29.7 Å². The van der Waals surface area contributed by atoms with Gasteiger partial charge in [0, 0.05) is 26.6 Å². The molecule has 0 saturated heterocycles. The topological polar surface area (TPSA) is 226 Å². The number of nitrogens with one attached hydrogen (secondary N) is 2. The molecule has 230 valence electrons. The van der Waals surface area contributed by atoms with Gasteiger partial charge in [-0.15, -0.1) is 0 Å². The number of likely N-dealkylation sites (N-methyl/N-ethyl adjacent to an activating group) is 1. The van der Waals surface area contributed by atoms with Gasteiger partial charge in [-0.1, -0.05) is 24.3 Å². The summed E-state index contributed by atoms with van der Waals surface area (Å²) in [6.45, 7) is 3.49. The first-order valence-corrected chi connectivity index (χ1v) is 13.2. The van der Waals surface area contributed by atoms with Gasteiger partial charge in [-0.3, -0.25) is 24.2 Å². The lowest BCUT2D eigenvalue weighted by atomic mass is 10.0. The second kappa shape index (κ2) is 18.6. The zero-order valence-corrected chi connectivity index (χ0v) is 23.8. The van der Waals surface area contributed by atoms with Gasteiger partial charge in [0.25, 0.3) is 5.97 Å². The van der Waals surface area contributed by atoms with Crippen molar-refractivity contribution in [2.45, 2.75) is 51.7 Å². The predicted molar refractivity (Wildman–Crippen MR) is 155 cm³/mol. The molecule has 0 saturated carbocycles. The molecule has 0 heterocycles. The lowest BCUT2D eigenvalue weighted by Gasteiger charge is -2.23. The van der Waals surface area contributed by atoms with E-state index in [1.54, 1.807) is 31.2 Å². The van der Waals surface area contributed by atoms with Gasteiger partial charge < -0.3 is 42.9 Å². The third kappa shape index (κ3) is 14.6. The Bertz CT molecular complexity index is 1180. The van der Waals surface area contributed by atoms with E-state index in [1.807, 2.05) is 0 Å². The number of hydrogen-bond acceptors (Lipinski definition) is 7. The van der Waals surface area contributed by atoms with Crippen molar-refractivity contribution in [2.75, 3.05) is 19.6 Å². The molecule has 0 aliphatic rings. The molecule has 0 bridgehead atoms. The van der Waals surface area contributed by atoms with Crippen molar-refractivity contribution in [2.24, 2.45) is 22.2 Å². The number of nitrogens with two attached hydrogens (primary N) is 3. The Morgan fingerprint density at radius 1 is 1.00 bits per heavy atom. The minimum absolute atomic E-state index is 0.0858. The molecule has 0 unspecified atom stereocenters. The number of amides is 3. The molecule has 0 aromatic heterocycles. The monoisotopic (exact) mass is 589 g/mol. The fourth-order valence-corrected chi connectivity index (χ4v) is 3.61. The van der Waals surface area contributed by atoms with Crippen LogP contribution in [0, 0.1) is 5.82 Å². The minimum Gasteiger partial charge on any atom is -0.508 e. The number of aromatic hydroxyl groups is 1. The Kier molecular flexibility index (Phi) is 15.6. The highest BCUT2D eigenvalue weighted by molar-refractivity contribution is 5.91. The standard InChI is InChI=1S/C26H36FN7O4.C2H4O2/c1-2-34(16-18-5-9-19(27)10-6-18)23(36)15-32-25(38)22(4-3-13-31-26(29)30)33-24(37)21(28)14-17-7-11-20(35)12-8-17;1-2(3)4/h5-12,21-22,35H,2-4,13-16,28H2,1H3,(H,32,38)(H,33,37)(H4,29,30,31);1H3,(H,3,4)/t21-,22+;/m0./s1. The van der Waals surface area contributed by atoms with E-state index in [4.69, 9.17) is 27.1 Å². The summed E-state index contributed by atoms with van der Waals surface area (Å²) in [6.07, 6.45) is 0.798. The first-order chi connectivity index (χ1) is 19.8. The van der Waals surface area contributed by atoms with Crippen molar-refractivity contribution < 1.29 is 33.8 Å². The number of carbonyl (C=O) groups excluding carboxylic acids is 3. The highest BCUT2D eigenvalue weighted by Crippen LogP contribution is 2.11. The van der Waals surface area contributed by atoms with Gasteiger partial charge in [0.2, 0.25) is 17.7 Å². The van der Waals surface area contributed by atoms with Crippen molar-refractivity contribution in [3.05, 3.63) is 65.5 Å². The van der Waals surface area contributed by atoms with Crippen molar-refractivity contribution in [3.63, 3.8) is 0 Å². The highest BCUT2D eigenvalue weighted by atomic mass is 19.1. The molecule has 14 heteroatoms. The van der Waals surface area contributed by atoms with Crippen molar-refractivity contribution in [1.82, 2.24) is 15.5 Å². The normalized spacial score (nSPS) is 11.6. The zero-order chi connectivity index (χ0) is 31.7. The molecule has 2 atom stereocenters. The quantitative estimate of drug-likeness (QED) is 0.0905. The van der Waals surface area contributed by atoms with E-state index in [0.717, 1.165) is 18.1 Å². The number of guanidine groups is 1. The van der Waals surface area contributed by atoms with Crippen LogP contribution in [0.1, 0.15) is 37.8 Å². The number of carbonyl (C=O) groups is 4. The van der Waals surface area contributed by atoms with Gasteiger partial charge in [-0.2, -0.15) is 0 Å². The predicted octanol–water partition coefficient (Wildman–Crippen LogP) is 0.195. The van der Waals surface area contributed by atoms with Crippen molar-refractivity contribution in [3.8, 4) is 5.75 Å². The van der Waals surface area contributed by atoms with Crippen molar-refractivity contribution in [1.29, 1.82) is 0 Å². The van der Waals surface area contributed by atoms with E-state index in [9.17, 15) is 23.9 Å². The number of aliphatic imine (C=N–C) groups is 1. The molecule has 0 aliphatic heterocycles. The summed E-state index contributed by atoms with van der Waals surface area (Å²) in [6, 6.07) is 10.2. The van der Waals surface area contributed by atoms with E-state index in [1.165, 1.54) is 29.2 Å². The van der Waals surface area contributed by atoms with Crippen LogP contribution < -0.4 is 27.8 Å². The molecule has 0 aliphatic carbocycles. The second-order valence-electron chi connectivity index (χ2n) is 9.26. The average Bonchev–Trinajstić information content (AvgIpc) is 2.93. The summed E-state index contributed by atoms with van der Waals surface area (Å²) in [4.78, 5) is 52.8. The summed E-state index contributed by atoms with van der Waals surface area (Å²) in [5.74, 6) is -2.62. The Morgan fingerprint density at radius 2 is 1.57 bits per heavy atom. The number of hydrogen-bond donors (Lipinski definition) is 7. The highest BCUT2D eigenvalue weighted by Gasteiger charge is 2.25. The van der Waals surface area contributed by atoms with Crippen LogP contribution in [0.25, 0.3) is 0 Å². The second-order valence-corrected chi connectivity index (χ2v) is 9.26. The van der Waals surface area contributed by atoms with Gasteiger partial charge in [0.15, 0.2) is 5.96 Å². The molecule has 0 spiro atoms. The number of rotatable bonds is 14.